The van der Waals surface area contributed by atoms with Crippen LogP contribution in [-0.4, -0.2) is 73.5 Å². The summed E-state index contributed by atoms with van der Waals surface area (Å²) in [6, 6.07) is 18.3. The van der Waals surface area contributed by atoms with Crippen LogP contribution < -0.4 is 5.12 Å². The van der Waals surface area contributed by atoms with Crippen LogP contribution in [0.3, 0.4) is 0 Å². The Bertz CT molecular complexity index is 1560. The number of aromatic nitrogens is 1. The molecule has 0 unspecified atom stereocenters. The molecule has 0 radical (unpaired) electrons. The molecule has 44 heavy (non-hydrogen) atoms. The van der Waals surface area contributed by atoms with Crippen molar-refractivity contribution in [2.24, 2.45) is 0 Å². The third-order valence-corrected chi connectivity index (χ3v) is 7.12. The van der Waals surface area contributed by atoms with E-state index >= 15 is 4.48 Å². The Kier molecular flexibility index (Phi) is 12.4. The summed E-state index contributed by atoms with van der Waals surface area (Å²) in [4.78, 5) is 25.0. The number of carbonyl (C=O) groups is 2. The summed E-state index contributed by atoms with van der Waals surface area (Å²) < 4.78 is 45.5. The second-order valence-corrected chi connectivity index (χ2v) is 10.6. The SMILES string of the molecule is CC(C)n1c(CC[C@@H](O)C[C@@H](O)CC(=O)O)c(-c2ccc(F)cc2)c(-c2ccc(F)cc2)c1C(=O)N(F)c1ccccc1.[NaH]. The standard InChI is InChI=1S/C33H33F3N2O5.Na.H/c1-20(2)37-28(17-16-26(39)18-27(40)19-29(41)42)30(21-8-12-23(34)13-9-21)31(22-10-14-24(35)15-11-22)32(37)33(43)38(36)25-6-4-3-5-7-25;;/h3-15,20,26-27,39-40H,16-19H2,1-2H3,(H,41,42);;/t26-,27-;;/m1../s1. The average Bonchev–Trinajstić information content (AvgIpc) is 3.31. The van der Waals surface area contributed by atoms with Gasteiger partial charge in [-0.2, -0.15) is 0 Å². The summed E-state index contributed by atoms with van der Waals surface area (Å²) in [6.45, 7) is 3.61. The Balaban J connectivity index is 0.00000529. The minimum atomic E-state index is -1.26. The molecule has 3 aromatic carbocycles. The van der Waals surface area contributed by atoms with Crippen molar-refractivity contribution in [1.82, 2.24) is 4.57 Å². The molecular weight excluding hydrogens is 584 g/mol. The molecule has 7 nitrogen and oxygen atoms in total. The Morgan fingerprint density at radius 2 is 1.34 bits per heavy atom. The van der Waals surface area contributed by atoms with Gasteiger partial charge in [-0.3, -0.25) is 9.59 Å². The predicted molar refractivity (Wildman–Crippen MR) is 164 cm³/mol. The van der Waals surface area contributed by atoms with Gasteiger partial charge in [0, 0.05) is 22.9 Å². The van der Waals surface area contributed by atoms with Gasteiger partial charge in [-0.25, -0.2) is 8.78 Å². The van der Waals surface area contributed by atoms with Crippen molar-refractivity contribution < 1.29 is 38.2 Å². The molecule has 0 aliphatic heterocycles. The van der Waals surface area contributed by atoms with Crippen LogP contribution in [0.25, 0.3) is 22.3 Å². The van der Waals surface area contributed by atoms with Crippen molar-refractivity contribution in [2.75, 3.05) is 5.12 Å². The molecule has 3 N–H and O–H groups in total. The van der Waals surface area contributed by atoms with E-state index in [0.29, 0.717) is 27.9 Å². The maximum atomic E-state index is 15.8. The fourth-order valence-corrected chi connectivity index (χ4v) is 5.28. The van der Waals surface area contributed by atoms with Gasteiger partial charge in [0.15, 0.2) is 0 Å². The Hall–Kier alpha value is -3.41. The Labute approximate surface area is 275 Å². The molecule has 11 heteroatoms. The van der Waals surface area contributed by atoms with Gasteiger partial charge in [-0.15, -0.1) is 5.12 Å². The van der Waals surface area contributed by atoms with E-state index in [1.54, 1.807) is 36.6 Å². The second-order valence-electron chi connectivity index (χ2n) is 10.6. The van der Waals surface area contributed by atoms with E-state index in [2.05, 4.69) is 0 Å². The van der Waals surface area contributed by atoms with E-state index in [0.717, 1.165) is 0 Å². The van der Waals surface area contributed by atoms with E-state index in [-0.39, 0.29) is 65.3 Å². The molecule has 228 valence electrons. The molecule has 2 atom stereocenters. The molecule has 0 saturated carbocycles. The number of aliphatic carboxylic acids is 1. The number of carboxylic acid groups (broad SMARTS) is 1. The first kappa shape index (κ1) is 35.1. The first-order chi connectivity index (χ1) is 20.5. The van der Waals surface area contributed by atoms with Gasteiger partial charge in [0.1, 0.15) is 17.3 Å². The van der Waals surface area contributed by atoms with Crippen LogP contribution in [0.2, 0.25) is 0 Å². The number of rotatable bonds is 12. The number of hydrogen-bond donors (Lipinski definition) is 3. The zero-order valence-electron chi connectivity index (χ0n) is 23.8. The molecule has 0 aliphatic rings. The number of halogens is 3. The summed E-state index contributed by atoms with van der Waals surface area (Å²) in [5.74, 6) is -3.18. The molecule has 1 aromatic heterocycles. The van der Waals surface area contributed by atoms with Crippen LogP contribution in [0.5, 0.6) is 0 Å². The summed E-state index contributed by atoms with van der Waals surface area (Å²) >= 11 is 0. The van der Waals surface area contributed by atoms with E-state index < -0.39 is 48.2 Å². The van der Waals surface area contributed by atoms with Gasteiger partial charge < -0.3 is 19.9 Å². The molecule has 0 fully saturated rings. The van der Waals surface area contributed by atoms with Gasteiger partial charge in [0.25, 0.3) is 0 Å². The first-order valence-electron chi connectivity index (χ1n) is 13.9. The summed E-state index contributed by atoms with van der Waals surface area (Å²) in [6.07, 6.45) is -2.88. The zero-order chi connectivity index (χ0) is 31.3. The van der Waals surface area contributed by atoms with E-state index in [9.17, 15) is 28.6 Å². The summed E-state index contributed by atoms with van der Waals surface area (Å²) in [5, 5.41) is 29.7. The minimum absolute atomic E-state index is 0. The molecule has 1 heterocycles. The number of amides is 1. The molecule has 0 saturated heterocycles. The van der Waals surface area contributed by atoms with Crippen molar-refractivity contribution >= 4 is 47.1 Å². The van der Waals surface area contributed by atoms with Crippen LogP contribution in [0, 0.1) is 11.6 Å². The number of carbonyl (C=O) groups excluding carboxylic acids is 1. The van der Waals surface area contributed by atoms with Crippen molar-refractivity contribution in [1.29, 1.82) is 0 Å². The molecule has 0 aliphatic carbocycles. The number of para-hydroxylation sites is 1. The molecule has 4 aromatic rings. The average molecular weight is 619 g/mol. The summed E-state index contributed by atoms with van der Waals surface area (Å²) in [5.41, 5.74) is 2.21. The monoisotopic (exact) mass is 618 g/mol. The van der Waals surface area contributed by atoms with Crippen LogP contribution in [0.4, 0.5) is 18.9 Å². The van der Waals surface area contributed by atoms with Gasteiger partial charge in [0.2, 0.25) is 0 Å². The van der Waals surface area contributed by atoms with E-state index in [1.807, 2.05) is 0 Å². The van der Waals surface area contributed by atoms with Crippen LogP contribution in [0.1, 0.15) is 55.3 Å². The molecule has 1 amide bonds. The number of hydrogen-bond acceptors (Lipinski definition) is 4. The summed E-state index contributed by atoms with van der Waals surface area (Å²) in [7, 11) is 0. The van der Waals surface area contributed by atoms with E-state index in [1.165, 1.54) is 60.7 Å². The number of benzene rings is 3. The van der Waals surface area contributed by atoms with E-state index in [4.69, 9.17) is 5.11 Å². The molecule has 0 bridgehead atoms. The topological polar surface area (TPSA) is 103 Å². The molecule has 0 spiro atoms. The fourth-order valence-electron chi connectivity index (χ4n) is 5.28. The first-order valence-corrected chi connectivity index (χ1v) is 13.9. The van der Waals surface area contributed by atoms with Crippen molar-refractivity contribution in [2.45, 2.75) is 57.8 Å². The number of aliphatic hydroxyl groups excluding tert-OH is 2. The van der Waals surface area contributed by atoms with Crippen LogP contribution in [0.15, 0.2) is 78.9 Å². The van der Waals surface area contributed by atoms with Gasteiger partial charge in [0.05, 0.1) is 24.3 Å². The molecule has 4 rings (SSSR count). The Morgan fingerprint density at radius 1 is 0.818 bits per heavy atom. The predicted octanol–water partition coefficient (Wildman–Crippen LogP) is 6.08. The molecular formula is C33H34F3N2NaO5. The van der Waals surface area contributed by atoms with Crippen LogP contribution in [-0.2, 0) is 11.2 Å². The third-order valence-electron chi connectivity index (χ3n) is 7.12. The van der Waals surface area contributed by atoms with Gasteiger partial charge in [-0.05, 0) is 80.6 Å². The second kappa shape index (κ2) is 15.5. The number of aliphatic hydroxyl groups is 2. The fraction of sp³-hybridized carbons (Fsp3) is 0.273. The third kappa shape index (κ3) is 8.19. The number of carboxylic acids is 1. The van der Waals surface area contributed by atoms with Crippen molar-refractivity contribution in [3.63, 3.8) is 0 Å². The van der Waals surface area contributed by atoms with Gasteiger partial charge >= 0.3 is 41.4 Å². The van der Waals surface area contributed by atoms with Crippen molar-refractivity contribution in [3.8, 4) is 22.3 Å². The number of nitrogens with zero attached hydrogens (tertiary/aromatic N) is 2. The quantitative estimate of drug-likeness (QED) is 0.132. The van der Waals surface area contributed by atoms with Gasteiger partial charge in [-0.1, -0.05) is 46.9 Å². The normalized spacial score (nSPS) is 12.5. The Morgan fingerprint density at radius 3 is 1.84 bits per heavy atom. The number of anilines is 1. The van der Waals surface area contributed by atoms with Crippen molar-refractivity contribution in [3.05, 3.63) is 102 Å². The maximum absolute atomic E-state index is 15.8. The van der Waals surface area contributed by atoms with Crippen LogP contribution >= 0.6 is 0 Å². The zero-order valence-corrected chi connectivity index (χ0v) is 23.8.